The second kappa shape index (κ2) is 4.31. The van der Waals surface area contributed by atoms with Gasteiger partial charge in [0.2, 0.25) is 10.0 Å². The molecule has 1 fully saturated rings. The fraction of sp³-hybridized carbons (Fsp3) is 0.364. The molecule has 0 amide bonds. The molecule has 4 nitrogen and oxygen atoms in total. The smallest absolute Gasteiger partial charge is 0.235 e. The van der Waals surface area contributed by atoms with E-state index in [1.165, 1.54) is 4.31 Å². The lowest BCUT2D eigenvalue weighted by Gasteiger charge is -2.18. The summed E-state index contributed by atoms with van der Waals surface area (Å²) in [7, 11) is -3.21. The molecule has 17 heavy (non-hydrogen) atoms. The second-order valence-corrected chi connectivity index (χ2v) is 6.99. The largest absolute Gasteiger partial charge is 0.269 e. The number of sulfonamides is 1. The molecule has 1 aliphatic heterocycles. The number of anilines is 1. The van der Waals surface area contributed by atoms with Crippen molar-refractivity contribution in [2.24, 2.45) is 5.92 Å². The van der Waals surface area contributed by atoms with E-state index < -0.39 is 10.0 Å². The van der Waals surface area contributed by atoms with E-state index in [-0.39, 0.29) is 11.7 Å². The molecule has 1 unspecified atom stereocenters. The zero-order chi connectivity index (χ0) is 12.6. The van der Waals surface area contributed by atoms with Gasteiger partial charge in [-0.1, -0.05) is 6.92 Å². The van der Waals surface area contributed by atoms with Crippen LogP contribution in [0.3, 0.4) is 0 Å². The first-order valence-electron chi connectivity index (χ1n) is 5.14. The number of halogens is 1. The molecule has 0 N–H and O–H groups in total. The standard InChI is InChI=1S/C11H11BrN2O2S/c1-8-6-14(17(15,16)7-8)11-3-2-9(5-13)4-10(11)12/h2-4,8H,6-7H2,1H3. The van der Waals surface area contributed by atoms with Crippen LogP contribution in [0.5, 0.6) is 0 Å². The fourth-order valence-electron chi connectivity index (χ4n) is 1.93. The summed E-state index contributed by atoms with van der Waals surface area (Å²) in [6.07, 6.45) is 0. The predicted molar refractivity (Wildman–Crippen MR) is 69.2 cm³/mol. The summed E-state index contributed by atoms with van der Waals surface area (Å²) in [6, 6.07) is 6.94. The number of hydrogen-bond acceptors (Lipinski definition) is 3. The van der Waals surface area contributed by atoms with Crippen molar-refractivity contribution in [1.29, 1.82) is 5.26 Å². The Morgan fingerprint density at radius 2 is 2.24 bits per heavy atom. The Bertz CT molecular complexity index is 592. The average Bonchev–Trinajstić information content (AvgIpc) is 2.51. The molecule has 6 heteroatoms. The average molecular weight is 315 g/mol. The molecule has 90 valence electrons. The molecule has 1 heterocycles. The highest BCUT2D eigenvalue weighted by molar-refractivity contribution is 9.10. The zero-order valence-corrected chi connectivity index (χ0v) is 11.6. The Labute approximate surface area is 109 Å². The summed E-state index contributed by atoms with van der Waals surface area (Å²) in [6.45, 7) is 2.40. The van der Waals surface area contributed by atoms with Gasteiger partial charge < -0.3 is 0 Å². The molecule has 0 spiro atoms. The number of nitriles is 1. The Morgan fingerprint density at radius 1 is 1.53 bits per heavy atom. The van der Waals surface area contributed by atoms with Crippen molar-refractivity contribution in [1.82, 2.24) is 0 Å². The van der Waals surface area contributed by atoms with Crippen LogP contribution >= 0.6 is 15.9 Å². The van der Waals surface area contributed by atoms with Gasteiger partial charge in [-0.3, -0.25) is 4.31 Å². The summed E-state index contributed by atoms with van der Waals surface area (Å²) in [5, 5.41) is 8.76. The first-order valence-corrected chi connectivity index (χ1v) is 7.54. The molecule has 0 aliphatic carbocycles. The van der Waals surface area contributed by atoms with Gasteiger partial charge in [-0.15, -0.1) is 0 Å². The van der Waals surface area contributed by atoms with Gasteiger partial charge in [0.05, 0.1) is 23.1 Å². The van der Waals surface area contributed by atoms with E-state index in [0.717, 1.165) is 0 Å². The number of benzene rings is 1. The molecule has 0 radical (unpaired) electrons. The SMILES string of the molecule is CC1CN(c2ccc(C#N)cc2Br)S(=O)(=O)C1. The van der Waals surface area contributed by atoms with E-state index >= 15 is 0 Å². The van der Waals surface area contributed by atoms with Crippen molar-refractivity contribution in [2.75, 3.05) is 16.6 Å². The molecule has 0 saturated carbocycles. The van der Waals surface area contributed by atoms with Crippen molar-refractivity contribution in [3.8, 4) is 6.07 Å². The van der Waals surface area contributed by atoms with Crippen LogP contribution in [0.25, 0.3) is 0 Å². The van der Waals surface area contributed by atoms with Crippen LogP contribution in [-0.2, 0) is 10.0 Å². The van der Waals surface area contributed by atoms with Crippen LogP contribution in [0, 0.1) is 17.2 Å². The van der Waals surface area contributed by atoms with Crippen molar-refractivity contribution in [3.63, 3.8) is 0 Å². The topological polar surface area (TPSA) is 61.2 Å². The first-order chi connectivity index (χ1) is 7.94. The maximum Gasteiger partial charge on any atom is 0.235 e. The van der Waals surface area contributed by atoms with E-state index in [4.69, 9.17) is 5.26 Å². The minimum Gasteiger partial charge on any atom is -0.269 e. The number of hydrogen-bond donors (Lipinski definition) is 0. The van der Waals surface area contributed by atoms with Gasteiger partial charge in [0.1, 0.15) is 0 Å². The van der Waals surface area contributed by atoms with Crippen molar-refractivity contribution >= 4 is 31.6 Å². The maximum absolute atomic E-state index is 11.9. The molecule has 1 saturated heterocycles. The predicted octanol–water partition coefficient (Wildman–Crippen LogP) is 2.11. The molecule has 1 aromatic rings. The monoisotopic (exact) mass is 314 g/mol. The Hall–Kier alpha value is -1.06. The Kier molecular flexibility index (Phi) is 3.15. The van der Waals surface area contributed by atoms with E-state index in [1.54, 1.807) is 18.2 Å². The highest BCUT2D eigenvalue weighted by Gasteiger charge is 2.34. The molecule has 1 aromatic carbocycles. The lowest BCUT2D eigenvalue weighted by atomic mass is 10.2. The van der Waals surface area contributed by atoms with Crippen LogP contribution in [-0.4, -0.2) is 20.7 Å². The number of rotatable bonds is 1. The van der Waals surface area contributed by atoms with Gasteiger partial charge in [0.25, 0.3) is 0 Å². The molecule has 0 aromatic heterocycles. The minimum atomic E-state index is -3.21. The fourth-order valence-corrected chi connectivity index (χ4v) is 4.58. The lowest BCUT2D eigenvalue weighted by molar-refractivity contribution is 0.598. The van der Waals surface area contributed by atoms with Crippen LogP contribution in [0.4, 0.5) is 5.69 Å². The first kappa shape index (κ1) is 12.4. The highest BCUT2D eigenvalue weighted by Crippen LogP contribution is 2.33. The third kappa shape index (κ3) is 2.31. The minimum absolute atomic E-state index is 0.127. The van der Waals surface area contributed by atoms with Crippen molar-refractivity contribution in [3.05, 3.63) is 28.2 Å². The molecule has 0 bridgehead atoms. The van der Waals surface area contributed by atoms with Gasteiger partial charge >= 0.3 is 0 Å². The van der Waals surface area contributed by atoms with Crippen molar-refractivity contribution in [2.45, 2.75) is 6.92 Å². The Morgan fingerprint density at radius 3 is 2.71 bits per heavy atom. The highest BCUT2D eigenvalue weighted by atomic mass is 79.9. The van der Waals surface area contributed by atoms with Gasteiger partial charge in [0.15, 0.2) is 0 Å². The third-order valence-corrected chi connectivity index (χ3v) is 5.30. The van der Waals surface area contributed by atoms with Crippen LogP contribution in [0.1, 0.15) is 12.5 Å². The lowest BCUT2D eigenvalue weighted by Crippen LogP contribution is -2.25. The van der Waals surface area contributed by atoms with E-state index in [0.29, 0.717) is 22.3 Å². The Balaban J connectivity index is 2.46. The van der Waals surface area contributed by atoms with Gasteiger partial charge in [-0.2, -0.15) is 5.26 Å². The molecule has 1 atom stereocenters. The van der Waals surface area contributed by atoms with E-state index in [2.05, 4.69) is 15.9 Å². The summed E-state index contributed by atoms with van der Waals surface area (Å²) >= 11 is 3.31. The van der Waals surface area contributed by atoms with Gasteiger partial charge in [-0.05, 0) is 40.0 Å². The van der Waals surface area contributed by atoms with Crippen LogP contribution in [0.2, 0.25) is 0 Å². The van der Waals surface area contributed by atoms with Crippen LogP contribution < -0.4 is 4.31 Å². The van der Waals surface area contributed by atoms with Gasteiger partial charge in [0, 0.05) is 11.0 Å². The summed E-state index contributed by atoms with van der Waals surface area (Å²) in [5.74, 6) is 0.307. The van der Waals surface area contributed by atoms with Crippen molar-refractivity contribution < 1.29 is 8.42 Å². The van der Waals surface area contributed by atoms with Crippen LogP contribution in [0.15, 0.2) is 22.7 Å². The molecular formula is C11H11BrN2O2S. The summed E-state index contributed by atoms with van der Waals surface area (Å²) in [5.41, 5.74) is 1.11. The summed E-state index contributed by atoms with van der Waals surface area (Å²) < 4.78 is 25.9. The third-order valence-electron chi connectivity index (χ3n) is 2.65. The zero-order valence-electron chi connectivity index (χ0n) is 9.22. The number of nitrogens with zero attached hydrogens (tertiary/aromatic N) is 2. The van der Waals surface area contributed by atoms with E-state index in [9.17, 15) is 8.42 Å². The quantitative estimate of drug-likeness (QED) is 0.797. The van der Waals surface area contributed by atoms with Gasteiger partial charge in [-0.25, -0.2) is 8.42 Å². The molecule has 2 rings (SSSR count). The maximum atomic E-state index is 11.9. The second-order valence-electron chi connectivity index (χ2n) is 4.19. The molecular weight excluding hydrogens is 304 g/mol. The van der Waals surface area contributed by atoms with E-state index in [1.807, 2.05) is 13.0 Å². The summed E-state index contributed by atoms with van der Waals surface area (Å²) in [4.78, 5) is 0. The molecule has 1 aliphatic rings. The normalized spacial score (nSPS) is 22.4.